The van der Waals surface area contributed by atoms with E-state index in [-0.39, 0.29) is 0 Å². The summed E-state index contributed by atoms with van der Waals surface area (Å²) in [7, 11) is 1.88. The molecule has 0 saturated heterocycles. The first-order chi connectivity index (χ1) is 8.72. The van der Waals surface area contributed by atoms with E-state index in [2.05, 4.69) is 29.1 Å². The third-order valence-electron chi connectivity index (χ3n) is 3.59. The third-order valence-corrected chi connectivity index (χ3v) is 3.59. The monoisotopic (exact) mass is 249 g/mol. The molecule has 1 N–H and O–H groups in total. The van der Waals surface area contributed by atoms with E-state index in [1.165, 1.54) is 25.7 Å². The van der Waals surface area contributed by atoms with Crippen molar-refractivity contribution in [3.05, 3.63) is 11.9 Å². The van der Waals surface area contributed by atoms with Crippen molar-refractivity contribution in [2.24, 2.45) is 5.92 Å². The van der Waals surface area contributed by atoms with Crippen LogP contribution >= 0.6 is 0 Å². The summed E-state index contributed by atoms with van der Waals surface area (Å²) < 4.78 is 5.93. The summed E-state index contributed by atoms with van der Waals surface area (Å²) in [6.45, 7) is 5.07. The molecule has 0 aromatic carbocycles. The van der Waals surface area contributed by atoms with Gasteiger partial charge in [0.25, 0.3) is 0 Å². The molecule has 1 aliphatic carbocycles. The first-order valence-corrected chi connectivity index (χ1v) is 6.87. The van der Waals surface area contributed by atoms with Gasteiger partial charge in [-0.1, -0.05) is 26.7 Å². The number of hydrogen-bond donors (Lipinski definition) is 1. The number of hydrogen-bond acceptors (Lipinski definition) is 4. The Morgan fingerprint density at radius 1 is 1.33 bits per heavy atom. The summed E-state index contributed by atoms with van der Waals surface area (Å²) in [5, 5.41) is 3.11. The Morgan fingerprint density at radius 3 is 2.67 bits per heavy atom. The summed E-state index contributed by atoms with van der Waals surface area (Å²) in [4.78, 5) is 8.55. The van der Waals surface area contributed by atoms with E-state index in [0.29, 0.717) is 11.8 Å². The zero-order valence-electron chi connectivity index (χ0n) is 11.6. The van der Waals surface area contributed by atoms with Crippen molar-refractivity contribution in [2.45, 2.75) is 45.4 Å². The maximum absolute atomic E-state index is 5.93. The van der Waals surface area contributed by atoms with Crippen molar-refractivity contribution in [3.8, 4) is 5.88 Å². The minimum atomic E-state index is 0.354. The number of ether oxygens (including phenoxy) is 1. The zero-order chi connectivity index (χ0) is 13.0. The second kappa shape index (κ2) is 6.03. The van der Waals surface area contributed by atoms with Crippen LogP contribution in [0, 0.1) is 5.92 Å². The van der Waals surface area contributed by atoms with Gasteiger partial charge < -0.3 is 10.1 Å². The Kier molecular flexibility index (Phi) is 4.39. The molecule has 0 aliphatic heterocycles. The second-order valence-electron chi connectivity index (χ2n) is 5.31. The van der Waals surface area contributed by atoms with Gasteiger partial charge >= 0.3 is 0 Å². The Bertz CT molecular complexity index is 387. The van der Waals surface area contributed by atoms with Crippen molar-refractivity contribution in [1.29, 1.82) is 0 Å². The lowest BCUT2D eigenvalue weighted by atomic mass is 10.1. The predicted octanol–water partition coefficient (Wildman–Crippen LogP) is 3.21. The van der Waals surface area contributed by atoms with E-state index < -0.39 is 0 Å². The molecule has 4 heteroatoms. The Balaban J connectivity index is 2.10. The van der Waals surface area contributed by atoms with Crippen LogP contribution < -0.4 is 10.1 Å². The van der Waals surface area contributed by atoms with Crippen LogP contribution in [0.15, 0.2) is 6.33 Å². The highest BCUT2D eigenvalue weighted by Crippen LogP contribution is 2.31. The molecule has 1 fully saturated rings. The molecule has 0 radical (unpaired) electrons. The van der Waals surface area contributed by atoms with Crippen molar-refractivity contribution in [3.63, 3.8) is 0 Å². The standard InChI is InChI=1S/C14H23N3O/c1-10(2)12-13(15-3)16-9-17-14(12)18-8-11-6-4-5-7-11/h9-11H,4-8H2,1-3H3,(H,15,16,17). The van der Waals surface area contributed by atoms with Gasteiger partial charge in [-0.25, -0.2) is 9.97 Å². The number of aromatic nitrogens is 2. The molecule has 0 unspecified atom stereocenters. The van der Waals surface area contributed by atoms with Crippen molar-refractivity contribution in [2.75, 3.05) is 19.0 Å². The molecule has 1 saturated carbocycles. The molecule has 0 bridgehead atoms. The van der Waals surface area contributed by atoms with Gasteiger partial charge in [-0.2, -0.15) is 0 Å². The van der Waals surface area contributed by atoms with Crippen LogP contribution in [0.25, 0.3) is 0 Å². The summed E-state index contributed by atoms with van der Waals surface area (Å²) in [5.41, 5.74) is 1.08. The molecule has 1 aromatic rings. The maximum atomic E-state index is 5.93. The highest BCUT2D eigenvalue weighted by Gasteiger charge is 2.19. The summed E-state index contributed by atoms with van der Waals surface area (Å²) in [6.07, 6.45) is 6.84. The number of nitrogens with zero attached hydrogens (tertiary/aromatic N) is 2. The van der Waals surface area contributed by atoms with Gasteiger partial charge in [0.05, 0.1) is 12.2 Å². The lowest BCUT2D eigenvalue weighted by Gasteiger charge is -2.17. The molecule has 0 spiro atoms. The Labute approximate surface area is 109 Å². The molecular weight excluding hydrogens is 226 g/mol. The van der Waals surface area contributed by atoms with Crippen molar-refractivity contribution in [1.82, 2.24) is 9.97 Å². The molecule has 1 aliphatic rings. The summed E-state index contributed by atoms with van der Waals surface area (Å²) >= 11 is 0. The van der Waals surface area contributed by atoms with Crippen LogP contribution in [0.2, 0.25) is 0 Å². The van der Waals surface area contributed by atoms with Crippen LogP contribution in [-0.2, 0) is 0 Å². The fraction of sp³-hybridized carbons (Fsp3) is 0.714. The van der Waals surface area contributed by atoms with Crippen LogP contribution in [0.4, 0.5) is 5.82 Å². The molecular formula is C14H23N3O. The van der Waals surface area contributed by atoms with Crippen LogP contribution in [0.1, 0.15) is 51.0 Å². The summed E-state index contributed by atoms with van der Waals surface area (Å²) in [5.74, 6) is 2.68. The molecule has 100 valence electrons. The Hall–Kier alpha value is -1.32. The van der Waals surface area contributed by atoms with Gasteiger partial charge in [0, 0.05) is 7.05 Å². The molecule has 0 atom stereocenters. The second-order valence-corrected chi connectivity index (χ2v) is 5.31. The van der Waals surface area contributed by atoms with Gasteiger partial charge in [0.15, 0.2) is 0 Å². The Morgan fingerprint density at radius 2 is 2.06 bits per heavy atom. The lowest BCUT2D eigenvalue weighted by Crippen LogP contribution is -2.12. The number of nitrogens with one attached hydrogen (secondary N) is 1. The fourth-order valence-corrected chi connectivity index (χ4v) is 2.59. The smallest absolute Gasteiger partial charge is 0.222 e. The predicted molar refractivity (Wildman–Crippen MR) is 73.1 cm³/mol. The first-order valence-electron chi connectivity index (χ1n) is 6.87. The van der Waals surface area contributed by atoms with E-state index in [0.717, 1.165) is 23.9 Å². The fourth-order valence-electron chi connectivity index (χ4n) is 2.59. The van der Waals surface area contributed by atoms with Gasteiger partial charge in [0.2, 0.25) is 5.88 Å². The summed E-state index contributed by atoms with van der Waals surface area (Å²) in [6, 6.07) is 0. The SMILES string of the molecule is CNc1ncnc(OCC2CCCC2)c1C(C)C. The molecule has 0 amide bonds. The quantitative estimate of drug-likeness (QED) is 0.870. The van der Waals surface area contributed by atoms with Gasteiger partial charge in [0.1, 0.15) is 12.1 Å². The number of rotatable bonds is 5. The largest absolute Gasteiger partial charge is 0.477 e. The normalized spacial score (nSPS) is 16.2. The topological polar surface area (TPSA) is 47.0 Å². The highest BCUT2D eigenvalue weighted by atomic mass is 16.5. The number of anilines is 1. The third kappa shape index (κ3) is 2.92. The minimum Gasteiger partial charge on any atom is -0.477 e. The van der Waals surface area contributed by atoms with E-state index in [4.69, 9.17) is 4.74 Å². The van der Waals surface area contributed by atoms with E-state index in [1.807, 2.05) is 7.05 Å². The maximum Gasteiger partial charge on any atom is 0.222 e. The van der Waals surface area contributed by atoms with Crippen LogP contribution in [0.3, 0.4) is 0 Å². The van der Waals surface area contributed by atoms with Crippen LogP contribution in [0.5, 0.6) is 5.88 Å². The van der Waals surface area contributed by atoms with E-state index in [9.17, 15) is 0 Å². The average Bonchev–Trinajstić information content (AvgIpc) is 2.88. The van der Waals surface area contributed by atoms with Crippen molar-refractivity contribution < 1.29 is 4.74 Å². The van der Waals surface area contributed by atoms with Crippen LogP contribution in [-0.4, -0.2) is 23.6 Å². The minimum absolute atomic E-state index is 0.354. The zero-order valence-corrected chi connectivity index (χ0v) is 11.6. The van der Waals surface area contributed by atoms with Gasteiger partial charge in [-0.15, -0.1) is 0 Å². The van der Waals surface area contributed by atoms with Gasteiger partial charge in [-0.05, 0) is 24.7 Å². The van der Waals surface area contributed by atoms with Gasteiger partial charge in [-0.3, -0.25) is 0 Å². The molecule has 1 aromatic heterocycles. The molecule has 2 rings (SSSR count). The lowest BCUT2D eigenvalue weighted by molar-refractivity contribution is 0.240. The average molecular weight is 249 g/mol. The molecule has 4 nitrogen and oxygen atoms in total. The van der Waals surface area contributed by atoms with E-state index >= 15 is 0 Å². The van der Waals surface area contributed by atoms with E-state index in [1.54, 1.807) is 6.33 Å². The molecule has 18 heavy (non-hydrogen) atoms. The first kappa shape index (κ1) is 13.1. The highest BCUT2D eigenvalue weighted by molar-refractivity contribution is 5.50. The van der Waals surface area contributed by atoms with Crippen molar-refractivity contribution >= 4 is 5.82 Å². The molecule has 1 heterocycles.